The molecule has 1 aromatic heterocycles. The van der Waals surface area contributed by atoms with Gasteiger partial charge >= 0.3 is 0 Å². The minimum Gasteiger partial charge on any atom is -0.387 e. The highest BCUT2D eigenvalue weighted by atomic mass is 32.2. The Morgan fingerprint density at radius 1 is 1.42 bits per heavy atom. The number of nitrogens with one attached hydrogen (secondary N) is 1. The van der Waals surface area contributed by atoms with E-state index >= 15 is 0 Å². The summed E-state index contributed by atoms with van der Waals surface area (Å²) in [7, 11) is 0. The van der Waals surface area contributed by atoms with Gasteiger partial charge in [0, 0.05) is 35.6 Å². The molecule has 0 fully saturated rings. The Hall–Kier alpha value is -1.33. The molecule has 0 radical (unpaired) electrons. The number of nitrogens with zero attached hydrogens (tertiary/aromatic N) is 1. The molecule has 0 aliphatic heterocycles. The second kappa shape index (κ2) is 5.75. The van der Waals surface area contributed by atoms with Gasteiger partial charge in [-0.05, 0) is 31.4 Å². The lowest BCUT2D eigenvalue weighted by molar-refractivity contribution is 0.0997. The Kier molecular flexibility index (Phi) is 4.27. The van der Waals surface area contributed by atoms with Gasteiger partial charge in [-0.3, -0.25) is 4.98 Å². The molecule has 2 rings (SSSR count). The highest BCUT2D eigenvalue weighted by Gasteiger charge is 2.19. The molecule has 5 heteroatoms. The number of aromatic nitrogens is 1. The van der Waals surface area contributed by atoms with E-state index < -0.39 is 5.60 Å². The van der Waals surface area contributed by atoms with E-state index in [1.165, 1.54) is 12.1 Å². The first-order valence-electron chi connectivity index (χ1n) is 6.01. The lowest BCUT2D eigenvalue weighted by Crippen LogP contribution is -2.36. The molecule has 0 aliphatic carbocycles. The molecule has 0 saturated heterocycles. The van der Waals surface area contributed by atoms with Gasteiger partial charge < -0.3 is 10.4 Å². The number of benzene rings is 1. The lowest BCUT2D eigenvalue weighted by atomic mass is 10.1. The van der Waals surface area contributed by atoms with Gasteiger partial charge in [-0.1, -0.05) is 0 Å². The van der Waals surface area contributed by atoms with E-state index in [-0.39, 0.29) is 5.82 Å². The summed E-state index contributed by atoms with van der Waals surface area (Å²) in [4.78, 5) is 4.14. The fraction of sp³-hybridized carbons (Fsp3) is 0.357. The molecule has 2 aromatic rings. The molecule has 0 aliphatic rings. The Morgan fingerprint density at radius 2 is 2.21 bits per heavy atom. The third-order valence-corrected chi connectivity index (χ3v) is 3.73. The average Bonchev–Trinajstić information content (AvgIpc) is 2.36. The Morgan fingerprint density at radius 3 is 2.95 bits per heavy atom. The van der Waals surface area contributed by atoms with Gasteiger partial charge in [-0.15, -0.1) is 0 Å². The average molecular weight is 280 g/mol. The quantitative estimate of drug-likeness (QED) is 0.884. The minimum absolute atomic E-state index is 0.300. The molecule has 102 valence electrons. The van der Waals surface area contributed by atoms with Crippen molar-refractivity contribution in [1.29, 1.82) is 0 Å². The second-order valence-electron chi connectivity index (χ2n) is 4.80. The van der Waals surface area contributed by atoms with Gasteiger partial charge in [0.1, 0.15) is 5.82 Å². The summed E-state index contributed by atoms with van der Waals surface area (Å²) >= 11 is 1.60. The molecule has 19 heavy (non-hydrogen) atoms. The lowest BCUT2D eigenvalue weighted by Gasteiger charge is -2.23. The number of hydrogen-bond acceptors (Lipinski definition) is 4. The summed E-state index contributed by atoms with van der Waals surface area (Å²) in [5, 5.41) is 14.2. The number of hydrogen-bond donors (Lipinski definition) is 2. The van der Waals surface area contributed by atoms with Crippen molar-refractivity contribution in [3.8, 4) is 0 Å². The zero-order chi connectivity index (χ0) is 13.9. The zero-order valence-electron chi connectivity index (χ0n) is 11.0. The second-order valence-corrected chi connectivity index (χ2v) is 5.67. The summed E-state index contributed by atoms with van der Waals surface area (Å²) in [5.41, 5.74) is 0.676. The predicted molar refractivity (Wildman–Crippen MR) is 79.2 cm³/mol. The van der Waals surface area contributed by atoms with E-state index in [4.69, 9.17) is 0 Å². The van der Waals surface area contributed by atoms with E-state index in [0.29, 0.717) is 17.8 Å². The van der Waals surface area contributed by atoms with Gasteiger partial charge in [0.2, 0.25) is 0 Å². The maximum atomic E-state index is 13.1. The summed E-state index contributed by atoms with van der Waals surface area (Å²) in [6.07, 6.45) is 3.59. The zero-order valence-corrected chi connectivity index (χ0v) is 11.8. The van der Waals surface area contributed by atoms with E-state index in [1.54, 1.807) is 30.9 Å². The molecule has 1 atom stereocenters. The van der Waals surface area contributed by atoms with Crippen molar-refractivity contribution in [2.24, 2.45) is 0 Å². The summed E-state index contributed by atoms with van der Waals surface area (Å²) in [6, 6.07) is 6.34. The smallest absolute Gasteiger partial charge is 0.125 e. The molecular formula is C14H17FN2OS. The maximum Gasteiger partial charge on any atom is 0.125 e. The van der Waals surface area contributed by atoms with Gasteiger partial charge in [0.05, 0.1) is 11.1 Å². The van der Waals surface area contributed by atoms with Crippen LogP contribution in [0.3, 0.4) is 0 Å². The molecule has 0 saturated carbocycles. The van der Waals surface area contributed by atoms with Crippen LogP contribution in [0.25, 0.3) is 10.9 Å². The molecular weight excluding hydrogens is 263 g/mol. The summed E-state index contributed by atoms with van der Waals surface area (Å²) in [6.45, 7) is 2.23. The number of pyridine rings is 1. The molecule has 3 nitrogen and oxygen atoms in total. The third kappa shape index (κ3) is 3.58. The van der Waals surface area contributed by atoms with E-state index in [1.807, 2.05) is 12.3 Å². The van der Waals surface area contributed by atoms with Crippen LogP contribution in [0.15, 0.2) is 30.5 Å². The van der Waals surface area contributed by atoms with Crippen LogP contribution in [-0.4, -0.2) is 34.2 Å². The fourth-order valence-corrected chi connectivity index (χ4v) is 2.65. The summed E-state index contributed by atoms with van der Waals surface area (Å²) < 4.78 is 13.1. The molecule has 0 bridgehead atoms. The number of rotatable bonds is 5. The number of halogens is 1. The number of aliphatic hydroxyl groups is 1. The summed E-state index contributed by atoms with van der Waals surface area (Å²) in [5.74, 6) is 0.351. The Bertz CT molecular complexity index is 574. The highest BCUT2D eigenvalue weighted by molar-refractivity contribution is 7.98. The van der Waals surface area contributed by atoms with Crippen LogP contribution in [0.1, 0.15) is 6.92 Å². The molecule has 2 N–H and O–H groups in total. The van der Waals surface area contributed by atoms with Gasteiger partial charge in [-0.25, -0.2) is 4.39 Å². The number of anilines is 1. The monoisotopic (exact) mass is 280 g/mol. The molecule has 1 aromatic carbocycles. The molecule has 0 spiro atoms. The van der Waals surface area contributed by atoms with Crippen molar-refractivity contribution < 1.29 is 9.50 Å². The van der Waals surface area contributed by atoms with Gasteiger partial charge in [-0.2, -0.15) is 11.8 Å². The standard InChI is InChI=1S/C14H17FN2OS/c1-14(18,9-19-2)8-17-12-5-6-16-13-7-10(15)3-4-11(12)13/h3-7,18H,8-9H2,1-2H3,(H,16,17). The van der Waals surface area contributed by atoms with Crippen LogP contribution in [0.5, 0.6) is 0 Å². The van der Waals surface area contributed by atoms with Crippen molar-refractivity contribution in [3.05, 3.63) is 36.3 Å². The number of fused-ring (bicyclic) bond motifs is 1. The SMILES string of the molecule is CSCC(C)(O)CNc1ccnc2cc(F)ccc12. The highest BCUT2D eigenvalue weighted by Crippen LogP contribution is 2.23. The van der Waals surface area contributed by atoms with Crippen LogP contribution in [0.4, 0.5) is 10.1 Å². The van der Waals surface area contributed by atoms with E-state index in [0.717, 1.165) is 11.1 Å². The van der Waals surface area contributed by atoms with Gasteiger partial charge in [0.15, 0.2) is 0 Å². The first kappa shape index (κ1) is 14.1. The van der Waals surface area contributed by atoms with Crippen LogP contribution in [0.2, 0.25) is 0 Å². The van der Waals surface area contributed by atoms with Crippen LogP contribution in [0, 0.1) is 5.82 Å². The Balaban J connectivity index is 2.21. The van der Waals surface area contributed by atoms with E-state index in [9.17, 15) is 9.50 Å². The van der Waals surface area contributed by atoms with Crippen LogP contribution >= 0.6 is 11.8 Å². The van der Waals surface area contributed by atoms with Crippen molar-refractivity contribution in [1.82, 2.24) is 4.98 Å². The predicted octanol–water partition coefficient (Wildman–Crippen LogP) is 2.90. The van der Waals surface area contributed by atoms with E-state index in [2.05, 4.69) is 10.3 Å². The van der Waals surface area contributed by atoms with Gasteiger partial charge in [0.25, 0.3) is 0 Å². The van der Waals surface area contributed by atoms with Crippen LogP contribution in [-0.2, 0) is 0 Å². The third-order valence-electron chi connectivity index (χ3n) is 2.82. The largest absolute Gasteiger partial charge is 0.387 e. The normalized spacial score (nSPS) is 14.3. The minimum atomic E-state index is -0.783. The van der Waals surface area contributed by atoms with Crippen molar-refractivity contribution >= 4 is 28.4 Å². The topological polar surface area (TPSA) is 45.1 Å². The first-order valence-corrected chi connectivity index (χ1v) is 7.41. The molecule has 1 unspecified atom stereocenters. The van der Waals surface area contributed by atoms with Crippen molar-refractivity contribution in [2.45, 2.75) is 12.5 Å². The molecule has 0 amide bonds. The Labute approximate surface area is 116 Å². The van der Waals surface area contributed by atoms with Crippen LogP contribution < -0.4 is 5.32 Å². The number of thioether (sulfide) groups is 1. The first-order chi connectivity index (χ1) is 9.02. The fourth-order valence-electron chi connectivity index (χ4n) is 1.92. The van der Waals surface area contributed by atoms with Crippen molar-refractivity contribution in [2.75, 3.05) is 23.9 Å². The molecule has 1 heterocycles. The van der Waals surface area contributed by atoms with Crippen molar-refractivity contribution in [3.63, 3.8) is 0 Å². The maximum absolute atomic E-state index is 13.1.